The van der Waals surface area contributed by atoms with Crippen molar-refractivity contribution in [2.45, 2.75) is 25.7 Å². The van der Waals surface area contributed by atoms with Crippen LogP contribution in [0.4, 0.5) is 11.6 Å². The van der Waals surface area contributed by atoms with Gasteiger partial charge in [-0.1, -0.05) is 12.8 Å². The molecule has 0 aromatic carbocycles. The number of hydrogen-bond acceptors (Lipinski definition) is 4. The molecule has 1 fully saturated rings. The number of nitrogens with zero attached hydrogens (tertiary/aromatic N) is 3. The number of nitrogen functional groups attached to an aromatic ring is 1. The van der Waals surface area contributed by atoms with Crippen molar-refractivity contribution in [2.75, 3.05) is 23.7 Å². The van der Waals surface area contributed by atoms with E-state index in [1.807, 2.05) is 12.1 Å². The van der Waals surface area contributed by atoms with Crippen molar-refractivity contribution >= 4 is 11.6 Å². The normalized spacial score (nSPS) is 17.9. The van der Waals surface area contributed by atoms with E-state index in [0.717, 1.165) is 18.9 Å². The minimum Gasteiger partial charge on any atom is -0.382 e. The molecule has 4 heteroatoms. The summed E-state index contributed by atoms with van der Waals surface area (Å²) in [6.07, 6.45) is 5.18. The van der Waals surface area contributed by atoms with E-state index in [1.165, 1.54) is 25.7 Å². The van der Waals surface area contributed by atoms with Gasteiger partial charge < -0.3 is 10.6 Å². The van der Waals surface area contributed by atoms with Crippen LogP contribution in [0.1, 0.15) is 25.7 Å². The van der Waals surface area contributed by atoms with Crippen LogP contribution in [-0.2, 0) is 0 Å². The molecule has 1 aromatic heterocycles. The average molecular weight is 192 g/mol. The smallest absolute Gasteiger partial charge is 0.151 e. The van der Waals surface area contributed by atoms with Crippen molar-refractivity contribution in [3.63, 3.8) is 0 Å². The molecule has 76 valence electrons. The Kier molecular flexibility index (Phi) is 2.81. The Morgan fingerprint density at radius 1 is 1.00 bits per heavy atom. The molecule has 0 radical (unpaired) electrons. The molecule has 2 N–H and O–H groups in total. The van der Waals surface area contributed by atoms with Crippen molar-refractivity contribution in [3.05, 3.63) is 12.1 Å². The summed E-state index contributed by atoms with van der Waals surface area (Å²) in [7, 11) is 0. The van der Waals surface area contributed by atoms with Crippen LogP contribution in [-0.4, -0.2) is 23.3 Å². The lowest BCUT2D eigenvalue weighted by atomic mass is 10.2. The molecule has 0 spiro atoms. The highest BCUT2D eigenvalue weighted by molar-refractivity contribution is 5.41. The zero-order valence-corrected chi connectivity index (χ0v) is 8.32. The molecule has 1 aromatic rings. The van der Waals surface area contributed by atoms with Gasteiger partial charge in [0, 0.05) is 13.1 Å². The summed E-state index contributed by atoms with van der Waals surface area (Å²) >= 11 is 0. The first-order chi connectivity index (χ1) is 6.86. The molecule has 1 saturated heterocycles. The van der Waals surface area contributed by atoms with Gasteiger partial charge in [0.1, 0.15) is 5.82 Å². The molecular formula is C10H16N4. The monoisotopic (exact) mass is 192 g/mol. The molecule has 4 nitrogen and oxygen atoms in total. The molecule has 0 amide bonds. The average Bonchev–Trinajstić information content (AvgIpc) is 2.47. The predicted molar refractivity (Wildman–Crippen MR) is 57.1 cm³/mol. The summed E-state index contributed by atoms with van der Waals surface area (Å²) in [5.41, 5.74) is 5.49. The van der Waals surface area contributed by atoms with Crippen molar-refractivity contribution in [1.82, 2.24) is 10.2 Å². The Morgan fingerprint density at radius 3 is 2.29 bits per heavy atom. The van der Waals surface area contributed by atoms with Crippen LogP contribution in [0.2, 0.25) is 0 Å². The van der Waals surface area contributed by atoms with E-state index in [1.54, 1.807) is 0 Å². The fourth-order valence-electron chi connectivity index (χ4n) is 1.80. The third-order valence-corrected chi connectivity index (χ3v) is 2.60. The molecule has 0 atom stereocenters. The molecule has 14 heavy (non-hydrogen) atoms. The summed E-state index contributed by atoms with van der Waals surface area (Å²) in [4.78, 5) is 2.29. The molecule has 0 aliphatic carbocycles. The second kappa shape index (κ2) is 4.26. The SMILES string of the molecule is Nc1ccc(N2CCCCCC2)nn1. The Bertz CT molecular complexity index is 275. The van der Waals surface area contributed by atoms with Crippen molar-refractivity contribution < 1.29 is 0 Å². The maximum absolute atomic E-state index is 5.49. The van der Waals surface area contributed by atoms with Crippen LogP contribution >= 0.6 is 0 Å². The van der Waals surface area contributed by atoms with Gasteiger partial charge in [0.05, 0.1) is 0 Å². The standard InChI is InChI=1S/C10H16N4/c11-9-5-6-10(13-12-9)14-7-3-1-2-4-8-14/h5-6H,1-4,7-8H2,(H2,11,12). The Morgan fingerprint density at radius 2 is 1.71 bits per heavy atom. The first-order valence-corrected chi connectivity index (χ1v) is 5.20. The molecule has 0 unspecified atom stereocenters. The van der Waals surface area contributed by atoms with Gasteiger partial charge >= 0.3 is 0 Å². The highest BCUT2D eigenvalue weighted by Gasteiger charge is 2.10. The molecule has 0 saturated carbocycles. The lowest BCUT2D eigenvalue weighted by molar-refractivity contribution is 0.726. The summed E-state index contributed by atoms with van der Waals surface area (Å²) in [5.74, 6) is 1.45. The maximum atomic E-state index is 5.49. The zero-order valence-electron chi connectivity index (χ0n) is 8.32. The van der Waals surface area contributed by atoms with Gasteiger partial charge in [0.15, 0.2) is 5.82 Å². The van der Waals surface area contributed by atoms with Gasteiger partial charge in [-0.2, -0.15) is 0 Å². The summed E-state index contributed by atoms with van der Waals surface area (Å²) in [5, 5.41) is 7.97. The minimum atomic E-state index is 0.489. The number of anilines is 2. The van der Waals surface area contributed by atoms with E-state index in [9.17, 15) is 0 Å². The molecule has 1 aliphatic rings. The molecule has 0 bridgehead atoms. The van der Waals surface area contributed by atoms with Crippen LogP contribution in [0.5, 0.6) is 0 Å². The molecule has 2 rings (SSSR count). The fourth-order valence-corrected chi connectivity index (χ4v) is 1.80. The largest absolute Gasteiger partial charge is 0.382 e. The molecule has 2 heterocycles. The first kappa shape index (κ1) is 9.24. The van der Waals surface area contributed by atoms with Crippen molar-refractivity contribution in [1.29, 1.82) is 0 Å². The van der Waals surface area contributed by atoms with Crippen LogP contribution in [0, 0.1) is 0 Å². The van der Waals surface area contributed by atoms with Gasteiger partial charge in [-0.3, -0.25) is 0 Å². The predicted octanol–water partition coefficient (Wildman–Crippen LogP) is 1.44. The Labute approximate surface area is 84.1 Å². The lowest BCUT2D eigenvalue weighted by Gasteiger charge is -2.20. The van der Waals surface area contributed by atoms with E-state index in [0.29, 0.717) is 5.82 Å². The fraction of sp³-hybridized carbons (Fsp3) is 0.600. The van der Waals surface area contributed by atoms with Gasteiger partial charge in [0.25, 0.3) is 0 Å². The highest BCUT2D eigenvalue weighted by atomic mass is 15.3. The minimum absolute atomic E-state index is 0.489. The number of aromatic nitrogens is 2. The topological polar surface area (TPSA) is 55.0 Å². The van der Waals surface area contributed by atoms with Crippen LogP contribution in [0.15, 0.2) is 12.1 Å². The maximum Gasteiger partial charge on any atom is 0.151 e. The molecule has 1 aliphatic heterocycles. The van der Waals surface area contributed by atoms with E-state index in [-0.39, 0.29) is 0 Å². The van der Waals surface area contributed by atoms with Crippen LogP contribution in [0.25, 0.3) is 0 Å². The molecular weight excluding hydrogens is 176 g/mol. The van der Waals surface area contributed by atoms with Crippen LogP contribution in [0.3, 0.4) is 0 Å². The highest BCUT2D eigenvalue weighted by Crippen LogP contribution is 2.16. The van der Waals surface area contributed by atoms with E-state index in [4.69, 9.17) is 5.73 Å². The number of rotatable bonds is 1. The summed E-state index contributed by atoms with van der Waals surface area (Å²) < 4.78 is 0. The van der Waals surface area contributed by atoms with Gasteiger partial charge in [-0.25, -0.2) is 0 Å². The Hall–Kier alpha value is -1.32. The third kappa shape index (κ3) is 2.13. The third-order valence-electron chi connectivity index (χ3n) is 2.60. The van der Waals surface area contributed by atoms with Gasteiger partial charge in [0.2, 0.25) is 0 Å². The lowest BCUT2D eigenvalue weighted by Crippen LogP contribution is -2.25. The Balaban J connectivity index is 2.08. The summed E-state index contributed by atoms with van der Waals surface area (Å²) in [6.45, 7) is 2.19. The van der Waals surface area contributed by atoms with Gasteiger partial charge in [-0.05, 0) is 25.0 Å². The van der Waals surface area contributed by atoms with Gasteiger partial charge in [-0.15, -0.1) is 10.2 Å². The first-order valence-electron chi connectivity index (χ1n) is 5.20. The quantitative estimate of drug-likeness (QED) is 0.731. The van der Waals surface area contributed by atoms with E-state index >= 15 is 0 Å². The van der Waals surface area contributed by atoms with Crippen molar-refractivity contribution in [3.8, 4) is 0 Å². The zero-order chi connectivity index (χ0) is 9.80. The number of nitrogens with two attached hydrogens (primary N) is 1. The van der Waals surface area contributed by atoms with E-state index < -0.39 is 0 Å². The number of hydrogen-bond donors (Lipinski definition) is 1. The second-order valence-electron chi connectivity index (χ2n) is 3.72. The van der Waals surface area contributed by atoms with E-state index in [2.05, 4.69) is 15.1 Å². The van der Waals surface area contributed by atoms with Crippen LogP contribution < -0.4 is 10.6 Å². The van der Waals surface area contributed by atoms with Crippen molar-refractivity contribution in [2.24, 2.45) is 0 Å². The second-order valence-corrected chi connectivity index (χ2v) is 3.72. The summed E-state index contributed by atoms with van der Waals surface area (Å²) in [6, 6.07) is 3.76.